The zero-order valence-electron chi connectivity index (χ0n) is 15.6. The molecule has 0 amide bonds. The van der Waals surface area contributed by atoms with Crippen molar-refractivity contribution < 1.29 is 0 Å². The van der Waals surface area contributed by atoms with Gasteiger partial charge in [-0.05, 0) is 43.9 Å². The average Bonchev–Trinajstić information content (AvgIpc) is 3.39. The summed E-state index contributed by atoms with van der Waals surface area (Å²) in [5.74, 6) is 0.997. The van der Waals surface area contributed by atoms with Gasteiger partial charge in [-0.2, -0.15) is 5.10 Å². The Kier molecular flexibility index (Phi) is 5.92. The van der Waals surface area contributed by atoms with Crippen LogP contribution in [0.15, 0.2) is 52.7 Å². The van der Waals surface area contributed by atoms with Crippen molar-refractivity contribution in [3.05, 3.63) is 53.1 Å². The second kappa shape index (κ2) is 8.74. The number of para-hydroxylation sites is 1. The van der Waals surface area contributed by atoms with Crippen LogP contribution in [0.25, 0.3) is 10.9 Å². The zero-order valence-corrected chi connectivity index (χ0v) is 16.4. The first-order chi connectivity index (χ1) is 13.3. The van der Waals surface area contributed by atoms with Crippen LogP contribution in [0.2, 0.25) is 0 Å². The van der Waals surface area contributed by atoms with E-state index < -0.39 is 0 Å². The topological polar surface area (TPSA) is 52.7 Å². The van der Waals surface area contributed by atoms with Crippen LogP contribution in [0.4, 0.5) is 0 Å². The summed E-state index contributed by atoms with van der Waals surface area (Å²) in [4.78, 5) is 18.0. The maximum atomic E-state index is 13.1. The predicted octanol–water partition coefficient (Wildman–Crippen LogP) is 4.67. The Hall–Kier alpha value is -2.08. The molecule has 6 heteroatoms. The summed E-state index contributed by atoms with van der Waals surface area (Å²) >= 11 is 1.74. The van der Waals surface area contributed by atoms with Gasteiger partial charge in [0.25, 0.3) is 5.56 Å². The van der Waals surface area contributed by atoms with Gasteiger partial charge in [0, 0.05) is 30.7 Å². The van der Waals surface area contributed by atoms with E-state index in [0.29, 0.717) is 6.04 Å². The molecule has 1 aliphatic carbocycles. The highest BCUT2D eigenvalue weighted by Gasteiger charge is 2.22. The van der Waals surface area contributed by atoms with Gasteiger partial charge in [-0.1, -0.05) is 43.2 Å². The van der Waals surface area contributed by atoms with Crippen LogP contribution in [-0.2, 0) is 6.54 Å². The molecule has 0 aliphatic heterocycles. The van der Waals surface area contributed by atoms with Crippen LogP contribution in [0.5, 0.6) is 0 Å². The lowest BCUT2D eigenvalue weighted by Crippen LogP contribution is -2.26. The molecule has 0 saturated heterocycles. The first-order valence-corrected chi connectivity index (χ1v) is 10.9. The fourth-order valence-electron chi connectivity index (χ4n) is 3.86. The van der Waals surface area contributed by atoms with Gasteiger partial charge in [-0.25, -0.2) is 4.98 Å². The van der Waals surface area contributed by atoms with Crippen molar-refractivity contribution in [2.45, 2.75) is 62.7 Å². The van der Waals surface area contributed by atoms with Crippen LogP contribution in [0, 0.1) is 0 Å². The summed E-state index contributed by atoms with van der Waals surface area (Å²) < 4.78 is 3.97. The smallest absolute Gasteiger partial charge is 0.262 e. The van der Waals surface area contributed by atoms with E-state index in [1.54, 1.807) is 11.8 Å². The van der Waals surface area contributed by atoms with E-state index in [0.717, 1.165) is 60.5 Å². The molecule has 0 N–H and O–H groups in total. The molecule has 4 rings (SSSR count). The Morgan fingerprint density at radius 3 is 2.74 bits per heavy atom. The third kappa shape index (κ3) is 4.26. The third-order valence-corrected chi connectivity index (χ3v) is 6.33. The fraction of sp³-hybridized carbons (Fsp3) is 0.476. The highest BCUT2D eigenvalue weighted by Crippen LogP contribution is 2.32. The summed E-state index contributed by atoms with van der Waals surface area (Å²) in [6.07, 6.45) is 11.9. The molecule has 0 atom stereocenters. The maximum Gasteiger partial charge on any atom is 0.262 e. The zero-order chi connectivity index (χ0) is 18.5. The first-order valence-electron chi connectivity index (χ1n) is 9.94. The number of aryl methyl sites for hydroxylation is 1. The normalized spacial score (nSPS) is 15.0. The lowest BCUT2D eigenvalue weighted by atomic mass is 10.2. The van der Waals surface area contributed by atoms with E-state index in [2.05, 4.69) is 5.10 Å². The number of hydrogen-bond donors (Lipinski definition) is 0. The van der Waals surface area contributed by atoms with Gasteiger partial charge >= 0.3 is 0 Å². The van der Waals surface area contributed by atoms with Gasteiger partial charge in [-0.15, -0.1) is 0 Å². The van der Waals surface area contributed by atoms with Crippen molar-refractivity contribution in [1.29, 1.82) is 0 Å². The molecule has 5 nitrogen and oxygen atoms in total. The van der Waals surface area contributed by atoms with Gasteiger partial charge in [0.1, 0.15) is 0 Å². The Morgan fingerprint density at radius 2 is 1.93 bits per heavy atom. The van der Waals surface area contributed by atoms with Crippen LogP contribution in [0.1, 0.15) is 51.0 Å². The van der Waals surface area contributed by atoms with Crippen molar-refractivity contribution in [1.82, 2.24) is 19.3 Å². The van der Waals surface area contributed by atoms with Gasteiger partial charge in [0.05, 0.1) is 10.9 Å². The van der Waals surface area contributed by atoms with Gasteiger partial charge in [0.15, 0.2) is 5.16 Å². The van der Waals surface area contributed by atoms with Crippen LogP contribution in [0.3, 0.4) is 0 Å². The molecular weight excluding hydrogens is 356 g/mol. The standard InChI is InChI=1S/C21H26N4OS/c26-20-18-11-4-5-12-19(18)23-21(25(20)17-9-2-3-10-17)27-16-7-1-6-14-24-15-8-13-22-24/h4-5,8,11-13,15,17H,1-3,6-7,9-10,14,16H2. The average molecular weight is 383 g/mol. The molecule has 1 aliphatic rings. The molecule has 1 aromatic carbocycles. The van der Waals surface area contributed by atoms with E-state index >= 15 is 0 Å². The molecule has 0 radical (unpaired) electrons. The summed E-state index contributed by atoms with van der Waals surface area (Å²) in [5, 5.41) is 5.88. The molecule has 3 aromatic rings. The van der Waals surface area contributed by atoms with E-state index in [9.17, 15) is 4.79 Å². The molecule has 27 heavy (non-hydrogen) atoms. The Morgan fingerprint density at radius 1 is 1.07 bits per heavy atom. The number of unbranched alkanes of at least 4 members (excludes halogenated alkanes) is 2. The Labute approximate surface area is 163 Å². The highest BCUT2D eigenvalue weighted by atomic mass is 32.2. The third-order valence-electron chi connectivity index (χ3n) is 5.29. The number of benzene rings is 1. The second-order valence-corrected chi connectivity index (χ2v) is 8.27. The molecule has 1 saturated carbocycles. The van der Waals surface area contributed by atoms with Gasteiger partial charge < -0.3 is 0 Å². The summed E-state index contributed by atoms with van der Waals surface area (Å²) in [7, 11) is 0. The molecule has 2 heterocycles. The quantitative estimate of drug-likeness (QED) is 0.323. The van der Waals surface area contributed by atoms with E-state index in [-0.39, 0.29) is 5.56 Å². The minimum absolute atomic E-state index is 0.133. The van der Waals surface area contributed by atoms with E-state index in [4.69, 9.17) is 4.98 Å². The van der Waals surface area contributed by atoms with Crippen molar-refractivity contribution in [2.24, 2.45) is 0 Å². The largest absolute Gasteiger partial charge is 0.284 e. The molecular formula is C21H26N4OS. The first kappa shape index (κ1) is 18.3. The summed E-state index contributed by atoms with van der Waals surface area (Å²) in [5.41, 5.74) is 0.951. The Bertz CT molecular complexity index is 929. The predicted molar refractivity (Wildman–Crippen MR) is 110 cm³/mol. The minimum atomic E-state index is 0.133. The van der Waals surface area contributed by atoms with Crippen molar-refractivity contribution in [3.8, 4) is 0 Å². The Balaban J connectivity index is 1.43. The SMILES string of the molecule is O=c1c2ccccc2nc(SCCCCCn2cccn2)n1C1CCCC1. The maximum absolute atomic E-state index is 13.1. The number of nitrogens with zero attached hydrogens (tertiary/aromatic N) is 4. The number of fused-ring (bicyclic) bond motifs is 1. The van der Waals surface area contributed by atoms with Crippen molar-refractivity contribution in [3.63, 3.8) is 0 Å². The monoisotopic (exact) mass is 382 g/mol. The highest BCUT2D eigenvalue weighted by molar-refractivity contribution is 7.99. The number of hydrogen-bond acceptors (Lipinski definition) is 4. The minimum Gasteiger partial charge on any atom is -0.284 e. The van der Waals surface area contributed by atoms with Crippen LogP contribution >= 0.6 is 11.8 Å². The van der Waals surface area contributed by atoms with E-state index in [1.807, 2.05) is 52.0 Å². The molecule has 0 bridgehead atoms. The number of thioether (sulfide) groups is 1. The number of aromatic nitrogens is 4. The van der Waals surface area contributed by atoms with Crippen LogP contribution < -0.4 is 5.56 Å². The molecule has 142 valence electrons. The molecule has 2 aromatic heterocycles. The van der Waals surface area contributed by atoms with Gasteiger partial charge in [0.2, 0.25) is 0 Å². The molecule has 1 fully saturated rings. The van der Waals surface area contributed by atoms with Gasteiger partial charge in [-0.3, -0.25) is 14.0 Å². The van der Waals surface area contributed by atoms with Crippen molar-refractivity contribution >= 4 is 22.7 Å². The summed E-state index contributed by atoms with van der Waals surface area (Å²) in [6, 6.07) is 10.0. The second-order valence-electron chi connectivity index (χ2n) is 7.20. The number of rotatable bonds is 8. The molecule has 0 spiro atoms. The van der Waals surface area contributed by atoms with Crippen molar-refractivity contribution in [2.75, 3.05) is 5.75 Å². The lowest BCUT2D eigenvalue weighted by molar-refractivity contribution is 0.457. The van der Waals surface area contributed by atoms with E-state index in [1.165, 1.54) is 12.8 Å². The molecule has 0 unspecified atom stereocenters. The lowest BCUT2D eigenvalue weighted by Gasteiger charge is -2.18. The van der Waals surface area contributed by atoms with Crippen LogP contribution in [-0.4, -0.2) is 25.1 Å². The fourth-order valence-corrected chi connectivity index (χ4v) is 4.93. The summed E-state index contributed by atoms with van der Waals surface area (Å²) in [6.45, 7) is 0.971.